The summed E-state index contributed by atoms with van der Waals surface area (Å²) < 4.78 is 20.4. The van der Waals surface area contributed by atoms with Crippen LogP contribution in [0.5, 0.6) is 5.75 Å². The zero-order valence-corrected chi connectivity index (χ0v) is 12.7. The third-order valence-electron chi connectivity index (χ3n) is 3.88. The number of amides is 1. The summed E-state index contributed by atoms with van der Waals surface area (Å²) in [7, 11) is 0. The van der Waals surface area contributed by atoms with Gasteiger partial charge in [0.15, 0.2) is 0 Å². The fraction of sp³-hybridized carbons (Fsp3) is 0.111. The minimum atomic E-state index is -0.389. The Labute approximate surface area is 137 Å². The largest absolute Gasteiger partial charge is 0.489 e. The molecule has 6 heteroatoms. The maximum Gasteiger partial charge on any atom is 0.261 e. The molecule has 0 spiro atoms. The van der Waals surface area contributed by atoms with Gasteiger partial charge in [0.2, 0.25) is 0 Å². The van der Waals surface area contributed by atoms with Crippen molar-refractivity contribution >= 4 is 11.6 Å². The lowest BCUT2D eigenvalue weighted by Crippen LogP contribution is -2.37. The van der Waals surface area contributed by atoms with Crippen molar-refractivity contribution in [1.29, 1.82) is 0 Å². The molecule has 120 valence electrons. The highest BCUT2D eigenvalue weighted by atomic mass is 19.1. The second-order valence-electron chi connectivity index (χ2n) is 5.43. The van der Waals surface area contributed by atoms with Crippen LogP contribution in [-0.4, -0.2) is 28.8 Å². The molecule has 0 atom stereocenters. The molecule has 1 aromatic heterocycles. The Balaban J connectivity index is 1.65. The smallest absolute Gasteiger partial charge is 0.261 e. The van der Waals surface area contributed by atoms with Gasteiger partial charge in [-0.15, -0.1) is 0 Å². The fourth-order valence-electron chi connectivity index (χ4n) is 2.72. The highest BCUT2D eigenvalue weighted by Gasteiger charge is 2.26. The first-order valence-corrected chi connectivity index (χ1v) is 7.57. The second-order valence-corrected chi connectivity index (χ2v) is 5.43. The third kappa shape index (κ3) is 2.52. The Bertz CT molecular complexity index is 892. The van der Waals surface area contributed by atoms with Crippen molar-refractivity contribution < 1.29 is 13.9 Å². The molecule has 0 bridgehead atoms. The number of carbonyl (C=O) groups is 1. The summed E-state index contributed by atoms with van der Waals surface area (Å²) >= 11 is 0. The zero-order chi connectivity index (χ0) is 16.5. The fourth-order valence-corrected chi connectivity index (χ4v) is 2.72. The molecule has 0 aliphatic carbocycles. The van der Waals surface area contributed by atoms with Gasteiger partial charge in [0.05, 0.1) is 29.7 Å². The first-order valence-electron chi connectivity index (χ1n) is 7.57. The lowest BCUT2D eigenvalue weighted by Gasteiger charge is -2.29. The van der Waals surface area contributed by atoms with E-state index < -0.39 is 0 Å². The Morgan fingerprint density at radius 2 is 2.00 bits per heavy atom. The van der Waals surface area contributed by atoms with E-state index in [0.717, 1.165) is 5.69 Å². The summed E-state index contributed by atoms with van der Waals surface area (Å²) in [6, 6.07) is 13.7. The molecule has 4 rings (SSSR count). The molecule has 1 aliphatic rings. The maximum absolute atomic E-state index is 13.3. The summed E-state index contributed by atoms with van der Waals surface area (Å²) in [4.78, 5) is 14.4. The molecule has 5 nitrogen and oxygen atoms in total. The second kappa shape index (κ2) is 5.81. The number of ether oxygens (including phenoxy) is 1. The van der Waals surface area contributed by atoms with Gasteiger partial charge in [-0.05, 0) is 24.3 Å². The summed E-state index contributed by atoms with van der Waals surface area (Å²) in [5.74, 6) is -0.196. The van der Waals surface area contributed by atoms with E-state index in [9.17, 15) is 9.18 Å². The minimum Gasteiger partial charge on any atom is -0.489 e. The number of aromatic nitrogens is 2. The SMILES string of the molecule is O=C(c1cnn(-c2ccccc2)c1)N1CCOc2cc(F)ccc21. The molecule has 3 aromatic rings. The number of carbonyl (C=O) groups excluding carboxylic acids is 1. The van der Waals surface area contributed by atoms with Gasteiger partial charge in [0.25, 0.3) is 5.91 Å². The Hall–Kier alpha value is -3.15. The van der Waals surface area contributed by atoms with Crippen molar-refractivity contribution in [1.82, 2.24) is 9.78 Å². The topological polar surface area (TPSA) is 47.4 Å². The highest BCUT2D eigenvalue weighted by molar-refractivity contribution is 6.06. The van der Waals surface area contributed by atoms with Crippen molar-refractivity contribution in [2.45, 2.75) is 0 Å². The van der Waals surface area contributed by atoms with Crippen molar-refractivity contribution in [3.05, 3.63) is 72.3 Å². The zero-order valence-electron chi connectivity index (χ0n) is 12.7. The molecular weight excluding hydrogens is 309 g/mol. The minimum absolute atomic E-state index is 0.187. The van der Waals surface area contributed by atoms with E-state index in [1.165, 1.54) is 18.3 Å². The summed E-state index contributed by atoms with van der Waals surface area (Å²) in [5.41, 5.74) is 1.91. The number of halogens is 1. The number of nitrogens with zero attached hydrogens (tertiary/aromatic N) is 3. The van der Waals surface area contributed by atoms with Gasteiger partial charge >= 0.3 is 0 Å². The maximum atomic E-state index is 13.3. The predicted octanol–water partition coefficient (Wildman–Crippen LogP) is 3.05. The lowest BCUT2D eigenvalue weighted by atomic mass is 10.2. The van der Waals surface area contributed by atoms with Crippen LogP contribution in [0.15, 0.2) is 60.9 Å². The van der Waals surface area contributed by atoms with Crippen molar-refractivity contribution in [3.8, 4) is 11.4 Å². The lowest BCUT2D eigenvalue weighted by molar-refractivity contribution is 0.0976. The number of hydrogen-bond donors (Lipinski definition) is 0. The van der Waals surface area contributed by atoms with Crippen molar-refractivity contribution in [3.63, 3.8) is 0 Å². The van der Waals surface area contributed by atoms with Crippen LogP contribution < -0.4 is 9.64 Å². The first kappa shape index (κ1) is 14.4. The standard InChI is InChI=1S/C18H14FN3O2/c19-14-6-7-16-17(10-14)24-9-8-21(16)18(23)13-11-20-22(12-13)15-4-2-1-3-5-15/h1-7,10-12H,8-9H2. The van der Waals surface area contributed by atoms with Crippen LogP contribution in [0.25, 0.3) is 5.69 Å². The average molecular weight is 323 g/mol. The monoisotopic (exact) mass is 323 g/mol. The molecule has 0 saturated carbocycles. The Morgan fingerprint density at radius 3 is 2.83 bits per heavy atom. The number of para-hydroxylation sites is 1. The highest BCUT2D eigenvalue weighted by Crippen LogP contribution is 2.33. The van der Waals surface area contributed by atoms with Crippen LogP contribution in [0.1, 0.15) is 10.4 Å². The number of anilines is 1. The Morgan fingerprint density at radius 1 is 1.17 bits per heavy atom. The molecule has 0 N–H and O–H groups in total. The van der Waals surface area contributed by atoms with E-state index in [0.29, 0.717) is 30.2 Å². The number of hydrogen-bond acceptors (Lipinski definition) is 3. The molecule has 2 aromatic carbocycles. The van der Waals surface area contributed by atoms with Crippen molar-refractivity contribution in [2.75, 3.05) is 18.1 Å². The molecule has 1 amide bonds. The van der Waals surface area contributed by atoms with E-state index in [2.05, 4.69) is 5.10 Å². The van der Waals surface area contributed by atoms with Gasteiger partial charge in [0.1, 0.15) is 18.2 Å². The van der Waals surface area contributed by atoms with Gasteiger partial charge in [-0.3, -0.25) is 4.79 Å². The molecular formula is C18H14FN3O2. The van der Waals surface area contributed by atoms with Gasteiger partial charge in [-0.2, -0.15) is 5.10 Å². The van der Waals surface area contributed by atoms with E-state index in [4.69, 9.17) is 4.74 Å². The van der Waals surface area contributed by atoms with Gasteiger partial charge in [-0.1, -0.05) is 18.2 Å². The predicted molar refractivity (Wildman–Crippen MR) is 87.1 cm³/mol. The summed E-state index contributed by atoms with van der Waals surface area (Å²) in [5, 5.41) is 4.25. The average Bonchev–Trinajstić information content (AvgIpc) is 3.11. The number of rotatable bonds is 2. The summed E-state index contributed by atoms with van der Waals surface area (Å²) in [6.07, 6.45) is 3.23. The van der Waals surface area contributed by atoms with E-state index >= 15 is 0 Å². The van der Waals surface area contributed by atoms with Gasteiger partial charge < -0.3 is 9.64 Å². The van der Waals surface area contributed by atoms with E-state index in [-0.39, 0.29) is 11.7 Å². The number of fused-ring (bicyclic) bond motifs is 1. The van der Waals surface area contributed by atoms with Crippen LogP contribution in [0.4, 0.5) is 10.1 Å². The Kier molecular flexibility index (Phi) is 3.49. The van der Waals surface area contributed by atoms with Gasteiger partial charge in [-0.25, -0.2) is 9.07 Å². The van der Waals surface area contributed by atoms with Crippen LogP contribution in [0.2, 0.25) is 0 Å². The molecule has 0 saturated heterocycles. The van der Waals surface area contributed by atoms with Crippen molar-refractivity contribution in [2.24, 2.45) is 0 Å². The van der Waals surface area contributed by atoms with E-state index in [1.807, 2.05) is 30.3 Å². The van der Waals surface area contributed by atoms with Gasteiger partial charge in [0, 0.05) is 12.3 Å². The molecule has 1 aliphatic heterocycles. The van der Waals surface area contributed by atoms with Crippen LogP contribution >= 0.6 is 0 Å². The molecule has 0 fully saturated rings. The third-order valence-corrected chi connectivity index (χ3v) is 3.88. The van der Waals surface area contributed by atoms with E-state index in [1.54, 1.807) is 21.8 Å². The molecule has 24 heavy (non-hydrogen) atoms. The number of benzene rings is 2. The molecule has 0 radical (unpaired) electrons. The summed E-state index contributed by atoms with van der Waals surface area (Å²) in [6.45, 7) is 0.739. The van der Waals surface area contributed by atoms with Crippen LogP contribution in [0, 0.1) is 5.82 Å². The quantitative estimate of drug-likeness (QED) is 0.728. The normalized spacial score (nSPS) is 13.3. The van der Waals surface area contributed by atoms with Crippen LogP contribution in [-0.2, 0) is 0 Å². The first-order chi connectivity index (χ1) is 11.7. The molecule has 2 heterocycles. The molecule has 0 unspecified atom stereocenters. The van der Waals surface area contributed by atoms with Crippen LogP contribution in [0.3, 0.4) is 0 Å².